The van der Waals surface area contributed by atoms with Crippen LogP contribution in [-0.4, -0.2) is 11.5 Å². The molecule has 20 heavy (non-hydrogen) atoms. The van der Waals surface area contributed by atoms with Gasteiger partial charge in [-0.25, -0.2) is 0 Å². The highest BCUT2D eigenvalue weighted by Crippen LogP contribution is 2.29. The lowest BCUT2D eigenvalue weighted by Gasteiger charge is -2.32. The minimum atomic E-state index is 0.445. The van der Waals surface area contributed by atoms with Crippen molar-refractivity contribution in [3.05, 3.63) is 63.6 Å². The molecule has 1 aliphatic rings. The summed E-state index contributed by atoms with van der Waals surface area (Å²) in [5.74, 6) is 0. The smallest absolute Gasteiger partial charge is 0.106 e. The molecule has 0 saturated carbocycles. The van der Waals surface area contributed by atoms with Gasteiger partial charge >= 0.3 is 0 Å². The van der Waals surface area contributed by atoms with Gasteiger partial charge in [-0.2, -0.15) is 0 Å². The molecule has 0 saturated heterocycles. The minimum Gasteiger partial charge on any atom is -0.389 e. The lowest BCUT2D eigenvalue weighted by atomic mass is 9.98. The average molecular weight is 347 g/mol. The number of nitrogens with two attached hydrogens (primary N) is 1. The van der Waals surface area contributed by atoms with Crippen LogP contribution in [0.5, 0.6) is 0 Å². The number of halogens is 1. The van der Waals surface area contributed by atoms with Gasteiger partial charge in [0.2, 0.25) is 0 Å². The maximum Gasteiger partial charge on any atom is 0.106 e. The summed E-state index contributed by atoms with van der Waals surface area (Å²) in [5.41, 5.74) is 10.8. The lowest BCUT2D eigenvalue weighted by molar-refractivity contribution is 0.731. The van der Waals surface area contributed by atoms with E-state index >= 15 is 0 Å². The van der Waals surface area contributed by atoms with Crippen LogP contribution in [0.3, 0.4) is 0 Å². The number of thiocarbonyl (C=S) groups is 1. The van der Waals surface area contributed by atoms with Gasteiger partial charge in [0.05, 0.1) is 0 Å². The highest BCUT2D eigenvalue weighted by Gasteiger charge is 2.19. The summed E-state index contributed by atoms with van der Waals surface area (Å²) in [6.07, 6.45) is 1.06. The first-order chi connectivity index (χ1) is 9.65. The third-order valence-corrected chi connectivity index (χ3v) is 4.41. The summed E-state index contributed by atoms with van der Waals surface area (Å²) in [4.78, 5) is 2.80. The van der Waals surface area contributed by atoms with Crippen LogP contribution in [-0.2, 0) is 13.0 Å². The topological polar surface area (TPSA) is 29.3 Å². The monoisotopic (exact) mass is 346 g/mol. The molecule has 2 nitrogen and oxygen atoms in total. The zero-order chi connectivity index (χ0) is 14.1. The number of hydrogen-bond acceptors (Lipinski definition) is 2. The molecule has 0 bridgehead atoms. The van der Waals surface area contributed by atoms with Crippen LogP contribution in [0.1, 0.15) is 16.7 Å². The van der Waals surface area contributed by atoms with Crippen molar-refractivity contribution in [1.82, 2.24) is 0 Å². The summed E-state index contributed by atoms with van der Waals surface area (Å²) in [5, 5.41) is 0. The summed E-state index contributed by atoms with van der Waals surface area (Å²) in [6.45, 7) is 1.90. The van der Waals surface area contributed by atoms with Gasteiger partial charge in [0.15, 0.2) is 0 Å². The molecule has 2 aromatic carbocycles. The SMILES string of the molecule is NC(=S)c1cc(Br)ccc1N1CCc2ccccc2C1. The number of anilines is 1. The molecule has 0 atom stereocenters. The van der Waals surface area contributed by atoms with Crippen LogP contribution >= 0.6 is 28.1 Å². The zero-order valence-corrected chi connectivity index (χ0v) is 13.4. The van der Waals surface area contributed by atoms with E-state index in [1.54, 1.807) is 0 Å². The number of benzene rings is 2. The first kappa shape index (κ1) is 13.6. The van der Waals surface area contributed by atoms with Crippen LogP contribution in [0.25, 0.3) is 0 Å². The molecule has 1 heterocycles. The molecule has 0 amide bonds. The lowest BCUT2D eigenvalue weighted by Crippen LogP contribution is -2.32. The molecule has 0 aliphatic carbocycles. The van der Waals surface area contributed by atoms with Crippen molar-refractivity contribution in [2.75, 3.05) is 11.4 Å². The Balaban J connectivity index is 1.97. The van der Waals surface area contributed by atoms with E-state index < -0.39 is 0 Å². The van der Waals surface area contributed by atoms with Gasteiger partial charge in [0.25, 0.3) is 0 Å². The fraction of sp³-hybridized carbons (Fsp3) is 0.188. The molecule has 0 aromatic heterocycles. The molecular formula is C16H15BrN2S. The molecule has 0 fully saturated rings. The predicted octanol–water partition coefficient (Wildman–Crippen LogP) is 3.65. The highest BCUT2D eigenvalue weighted by atomic mass is 79.9. The van der Waals surface area contributed by atoms with Gasteiger partial charge < -0.3 is 10.6 Å². The second-order valence-electron chi connectivity index (χ2n) is 4.97. The first-order valence-corrected chi connectivity index (χ1v) is 7.76. The van der Waals surface area contributed by atoms with Gasteiger partial charge in [-0.1, -0.05) is 52.4 Å². The van der Waals surface area contributed by atoms with E-state index in [2.05, 4.69) is 51.2 Å². The van der Waals surface area contributed by atoms with Gasteiger partial charge in [-0.3, -0.25) is 0 Å². The van der Waals surface area contributed by atoms with Crippen molar-refractivity contribution >= 4 is 38.8 Å². The molecule has 0 unspecified atom stereocenters. The predicted molar refractivity (Wildman–Crippen MR) is 91.2 cm³/mol. The summed E-state index contributed by atoms with van der Waals surface area (Å²) >= 11 is 8.67. The molecule has 102 valence electrons. The molecule has 2 aromatic rings. The normalized spacial score (nSPS) is 13.9. The maximum atomic E-state index is 5.87. The third-order valence-electron chi connectivity index (χ3n) is 3.70. The van der Waals surface area contributed by atoms with Crippen LogP contribution in [0, 0.1) is 0 Å². The number of fused-ring (bicyclic) bond motifs is 1. The van der Waals surface area contributed by atoms with E-state index in [-0.39, 0.29) is 0 Å². The van der Waals surface area contributed by atoms with Crippen LogP contribution in [0.15, 0.2) is 46.9 Å². The van der Waals surface area contributed by atoms with Crippen molar-refractivity contribution in [3.8, 4) is 0 Å². The Morgan fingerprint density at radius 2 is 1.90 bits per heavy atom. The molecule has 0 spiro atoms. The number of nitrogens with zero attached hydrogens (tertiary/aromatic N) is 1. The Bertz CT molecular complexity index is 669. The standard InChI is InChI=1S/C16H15BrN2S/c17-13-5-6-15(14(9-13)16(18)20)19-8-7-11-3-1-2-4-12(11)10-19/h1-6,9H,7-8,10H2,(H2,18,20). The molecule has 2 N–H and O–H groups in total. The van der Waals surface area contributed by atoms with Crippen LogP contribution in [0.2, 0.25) is 0 Å². The molecule has 1 aliphatic heterocycles. The summed E-state index contributed by atoms with van der Waals surface area (Å²) in [7, 11) is 0. The third kappa shape index (κ3) is 2.58. The number of rotatable bonds is 2. The van der Waals surface area contributed by atoms with Gasteiger partial charge in [0, 0.05) is 28.8 Å². The van der Waals surface area contributed by atoms with E-state index in [0.717, 1.165) is 35.2 Å². The minimum absolute atomic E-state index is 0.445. The van der Waals surface area contributed by atoms with E-state index in [4.69, 9.17) is 18.0 Å². The Kier molecular flexibility index (Phi) is 3.76. The average Bonchev–Trinajstić information content (AvgIpc) is 2.46. The van der Waals surface area contributed by atoms with E-state index in [1.807, 2.05) is 12.1 Å². The quantitative estimate of drug-likeness (QED) is 0.841. The molecule has 4 heteroatoms. The van der Waals surface area contributed by atoms with Gasteiger partial charge in [-0.15, -0.1) is 0 Å². The Labute approximate surface area is 132 Å². The van der Waals surface area contributed by atoms with Crippen molar-refractivity contribution in [2.24, 2.45) is 5.73 Å². The van der Waals surface area contributed by atoms with Crippen molar-refractivity contribution in [2.45, 2.75) is 13.0 Å². The van der Waals surface area contributed by atoms with E-state index in [1.165, 1.54) is 11.1 Å². The zero-order valence-electron chi connectivity index (χ0n) is 11.0. The fourth-order valence-corrected chi connectivity index (χ4v) is 3.21. The summed E-state index contributed by atoms with van der Waals surface area (Å²) < 4.78 is 1.00. The Morgan fingerprint density at radius 3 is 2.65 bits per heavy atom. The van der Waals surface area contributed by atoms with Crippen molar-refractivity contribution in [3.63, 3.8) is 0 Å². The second-order valence-corrected chi connectivity index (χ2v) is 6.32. The van der Waals surface area contributed by atoms with E-state index in [0.29, 0.717) is 4.99 Å². The molecule has 0 radical (unpaired) electrons. The van der Waals surface area contributed by atoms with Crippen LogP contribution < -0.4 is 10.6 Å². The fourth-order valence-electron chi connectivity index (χ4n) is 2.68. The number of hydrogen-bond donors (Lipinski definition) is 1. The Morgan fingerprint density at radius 1 is 1.15 bits per heavy atom. The maximum absolute atomic E-state index is 5.87. The van der Waals surface area contributed by atoms with Gasteiger partial charge in [0.1, 0.15) is 4.99 Å². The molecular weight excluding hydrogens is 332 g/mol. The van der Waals surface area contributed by atoms with Crippen molar-refractivity contribution in [1.29, 1.82) is 0 Å². The van der Waals surface area contributed by atoms with Gasteiger partial charge in [-0.05, 0) is 35.7 Å². The van der Waals surface area contributed by atoms with E-state index in [9.17, 15) is 0 Å². The molecule has 3 rings (SSSR count). The second kappa shape index (κ2) is 5.54. The summed E-state index contributed by atoms with van der Waals surface area (Å²) in [6, 6.07) is 14.7. The van der Waals surface area contributed by atoms with Crippen LogP contribution in [0.4, 0.5) is 5.69 Å². The largest absolute Gasteiger partial charge is 0.389 e. The highest BCUT2D eigenvalue weighted by molar-refractivity contribution is 9.10. The Hall–Kier alpha value is -1.39. The van der Waals surface area contributed by atoms with Crippen molar-refractivity contribution < 1.29 is 0 Å². The first-order valence-electron chi connectivity index (χ1n) is 6.56.